The van der Waals surface area contributed by atoms with Crippen molar-refractivity contribution in [1.29, 1.82) is 0 Å². The summed E-state index contributed by atoms with van der Waals surface area (Å²) in [6.45, 7) is 1.17. The minimum atomic E-state index is -4.93. The van der Waals surface area contributed by atoms with Gasteiger partial charge in [0.25, 0.3) is 0 Å². The van der Waals surface area contributed by atoms with Crippen LogP contribution in [0.2, 0.25) is 0 Å². The molecule has 0 aliphatic heterocycles. The third-order valence-corrected chi connectivity index (χ3v) is 2.29. The highest BCUT2D eigenvalue weighted by Crippen LogP contribution is 2.32. The molecule has 0 aliphatic rings. The van der Waals surface area contributed by atoms with Gasteiger partial charge in [0, 0.05) is 5.56 Å². The van der Waals surface area contributed by atoms with Crippen molar-refractivity contribution in [1.82, 2.24) is 5.32 Å². The van der Waals surface area contributed by atoms with Gasteiger partial charge in [-0.1, -0.05) is 0 Å². The number of carbonyl (C=O) groups is 2. The average molecular weight is 279 g/mol. The van der Waals surface area contributed by atoms with Gasteiger partial charge in [-0.15, -0.1) is 0 Å². The second-order valence-electron chi connectivity index (χ2n) is 3.73. The number of Topliss-reactive ketones (excluding diaryl/α,β-unsaturated/α-hetero) is 1. The molecule has 0 aromatic heterocycles. The van der Waals surface area contributed by atoms with E-state index in [1.807, 2.05) is 0 Å². The van der Waals surface area contributed by atoms with Crippen LogP contribution in [0.1, 0.15) is 22.8 Å². The molecule has 0 spiro atoms. The maximum absolute atomic E-state index is 13.0. The number of carbonyl (C=O) groups excluding carboxylic acids is 1. The minimum absolute atomic E-state index is 0.359. The third-order valence-electron chi connectivity index (χ3n) is 2.29. The van der Waals surface area contributed by atoms with Crippen LogP contribution in [0.4, 0.5) is 22.4 Å². The lowest BCUT2D eigenvalue weighted by Gasteiger charge is -2.13. The summed E-state index contributed by atoms with van der Waals surface area (Å²) in [6.07, 6.45) is -6.41. The number of hydrogen-bond acceptors (Lipinski definition) is 2. The first-order chi connectivity index (χ1) is 8.62. The first kappa shape index (κ1) is 14.9. The Morgan fingerprint density at radius 2 is 1.89 bits per heavy atom. The molecular formula is C11H9F4NO3. The summed E-state index contributed by atoms with van der Waals surface area (Å²) in [6, 6.07) is 0.512. The maximum atomic E-state index is 13.0. The molecule has 1 aromatic carbocycles. The second kappa shape index (κ2) is 5.25. The van der Waals surface area contributed by atoms with Gasteiger partial charge >= 0.3 is 12.3 Å². The van der Waals surface area contributed by atoms with Crippen LogP contribution in [-0.2, 0) is 6.18 Å². The molecule has 1 amide bonds. The molecule has 0 fully saturated rings. The lowest BCUT2D eigenvalue weighted by atomic mass is 10.0. The molecule has 2 N–H and O–H groups in total. The monoisotopic (exact) mass is 279 g/mol. The third kappa shape index (κ3) is 3.67. The highest BCUT2D eigenvalue weighted by Gasteiger charge is 2.35. The lowest BCUT2D eigenvalue weighted by molar-refractivity contribution is -0.140. The smallest absolute Gasteiger partial charge is 0.419 e. The van der Waals surface area contributed by atoms with Crippen LogP contribution in [0, 0.1) is 5.82 Å². The Morgan fingerprint density at radius 1 is 1.32 bits per heavy atom. The van der Waals surface area contributed by atoms with Gasteiger partial charge in [0.15, 0.2) is 5.78 Å². The van der Waals surface area contributed by atoms with Crippen LogP contribution >= 0.6 is 0 Å². The van der Waals surface area contributed by atoms with Crippen molar-refractivity contribution >= 4 is 11.9 Å². The zero-order chi connectivity index (χ0) is 14.8. The summed E-state index contributed by atoms with van der Waals surface area (Å²) in [5.74, 6) is -2.38. The Morgan fingerprint density at radius 3 is 2.37 bits per heavy atom. The van der Waals surface area contributed by atoms with E-state index in [1.54, 1.807) is 5.32 Å². The minimum Gasteiger partial charge on any atom is -0.465 e. The second-order valence-corrected chi connectivity index (χ2v) is 3.73. The lowest BCUT2D eigenvalue weighted by Crippen LogP contribution is -2.37. The predicted molar refractivity (Wildman–Crippen MR) is 56.4 cm³/mol. The Labute approximate surface area is 105 Å². The molecule has 0 bridgehead atoms. The molecule has 8 heteroatoms. The van der Waals surface area contributed by atoms with E-state index in [1.165, 1.54) is 6.92 Å². The predicted octanol–water partition coefficient (Wildman–Crippen LogP) is 2.68. The first-order valence-electron chi connectivity index (χ1n) is 5.03. The molecular weight excluding hydrogens is 270 g/mol. The molecule has 0 unspecified atom stereocenters. The summed E-state index contributed by atoms with van der Waals surface area (Å²) in [4.78, 5) is 22.0. The van der Waals surface area contributed by atoms with Crippen molar-refractivity contribution in [2.24, 2.45) is 0 Å². The fraction of sp³-hybridized carbons (Fsp3) is 0.273. The van der Waals surface area contributed by atoms with Gasteiger partial charge < -0.3 is 10.4 Å². The van der Waals surface area contributed by atoms with Crippen molar-refractivity contribution in [2.75, 3.05) is 0 Å². The summed E-state index contributed by atoms with van der Waals surface area (Å²) in [5.41, 5.74) is -1.99. The highest BCUT2D eigenvalue weighted by atomic mass is 19.4. The number of ketones is 1. The van der Waals surface area contributed by atoms with Crippen molar-refractivity contribution in [3.8, 4) is 0 Å². The Bertz CT molecular complexity index is 513. The van der Waals surface area contributed by atoms with Gasteiger partial charge in [0.1, 0.15) is 5.82 Å². The number of rotatable bonds is 3. The van der Waals surface area contributed by atoms with Crippen molar-refractivity contribution in [3.05, 3.63) is 35.1 Å². The van der Waals surface area contributed by atoms with Gasteiger partial charge in [-0.25, -0.2) is 9.18 Å². The number of amides is 1. The molecule has 104 valence electrons. The molecule has 0 heterocycles. The molecule has 4 nitrogen and oxygen atoms in total. The molecule has 1 aromatic rings. The number of nitrogens with one attached hydrogen (secondary N) is 1. The fourth-order valence-electron chi connectivity index (χ4n) is 1.40. The quantitative estimate of drug-likeness (QED) is 0.660. The summed E-state index contributed by atoms with van der Waals surface area (Å²) in [7, 11) is 0. The van der Waals surface area contributed by atoms with E-state index in [2.05, 4.69) is 0 Å². The SMILES string of the molecule is C[C@H](NC(=O)O)C(=O)c1ccc(F)c(C(F)(F)F)c1. The van der Waals surface area contributed by atoms with Crippen LogP contribution in [0.25, 0.3) is 0 Å². The zero-order valence-electron chi connectivity index (χ0n) is 9.58. The zero-order valence-corrected chi connectivity index (χ0v) is 9.58. The first-order valence-corrected chi connectivity index (χ1v) is 5.03. The van der Waals surface area contributed by atoms with Crippen LogP contribution in [-0.4, -0.2) is 23.0 Å². The average Bonchev–Trinajstić information content (AvgIpc) is 2.26. The van der Waals surface area contributed by atoms with Crippen LogP contribution < -0.4 is 5.32 Å². The fourth-order valence-corrected chi connectivity index (χ4v) is 1.40. The molecule has 19 heavy (non-hydrogen) atoms. The number of alkyl halides is 3. The van der Waals surface area contributed by atoms with Gasteiger partial charge in [-0.3, -0.25) is 4.79 Å². The Hall–Kier alpha value is -2.12. The Kier molecular flexibility index (Phi) is 4.13. The van der Waals surface area contributed by atoms with Gasteiger partial charge in [-0.2, -0.15) is 13.2 Å². The summed E-state index contributed by atoms with van der Waals surface area (Å²) >= 11 is 0. The van der Waals surface area contributed by atoms with Gasteiger partial charge in [-0.05, 0) is 25.1 Å². The number of hydrogen-bond donors (Lipinski definition) is 2. The van der Waals surface area contributed by atoms with Crippen molar-refractivity contribution in [2.45, 2.75) is 19.1 Å². The number of benzene rings is 1. The number of halogens is 4. The van der Waals surface area contributed by atoms with E-state index in [0.29, 0.717) is 12.1 Å². The van der Waals surface area contributed by atoms with E-state index >= 15 is 0 Å². The van der Waals surface area contributed by atoms with E-state index < -0.39 is 41.0 Å². The van der Waals surface area contributed by atoms with Crippen LogP contribution in [0.15, 0.2) is 18.2 Å². The molecule has 0 aliphatic carbocycles. The molecule has 1 rings (SSSR count). The van der Waals surface area contributed by atoms with Crippen molar-refractivity contribution in [3.63, 3.8) is 0 Å². The van der Waals surface area contributed by atoms with E-state index in [4.69, 9.17) is 5.11 Å². The highest BCUT2D eigenvalue weighted by molar-refractivity contribution is 6.01. The largest absolute Gasteiger partial charge is 0.465 e. The number of carboxylic acid groups (broad SMARTS) is 1. The Balaban J connectivity index is 3.09. The molecule has 0 saturated carbocycles. The molecule has 1 atom stereocenters. The van der Waals surface area contributed by atoms with Gasteiger partial charge in [0.2, 0.25) is 0 Å². The maximum Gasteiger partial charge on any atom is 0.419 e. The molecule has 0 radical (unpaired) electrons. The van der Waals surface area contributed by atoms with E-state index in [9.17, 15) is 27.2 Å². The van der Waals surface area contributed by atoms with Crippen LogP contribution in [0.3, 0.4) is 0 Å². The van der Waals surface area contributed by atoms with Crippen molar-refractivity contribution < 1.29 is 32.3 Å². The molecule has 0 saturated heterocycles. The van der Waals surface area contributed by atoms with E-state index in [0.717, 1.165) is 6.07 Å². The summed E-state index contributed by atoms with van der Waals surface area (Å²) < 4.78 is 50.3. The normalized spacial score (nSPS) is 12.9. The van der Waals surface area contributed by atoms with Crippen LogP contribution in [0.5, 0.6) is 0 Å². The van der Waals surface area contributed by atoms with Gasteiger partial charge in [0.05, 0.1) is 11.6 Å². The summed E-state index contributed by atoms with van der Waals surface area (Å²) in [5, 5.41) is 10.2. The van der Waals surface area contributed by atoms with E-state index in [-0.39, 0.29) is 0 Å². The standard InChI is InChI=1S/C11H9F4NO3/c1-5(16-10(18)19)9(17)6-2-3-8(12)7(4-6)11(13,14)15/h2-5,16H,1H3,(H,18,19)/t5-/m0/s1. The topological polar surface area (TPSA) is 66.4 Å².